The van der Waals surface area contributed by atoms with Gasteiger partial charge in [-0.1, -0.05) is 443 Å². The van der Waals surface area contributed by atoms with Gasteiger partial charge in [-0.05, 0) is 19.3 Å². The van der Waals surface area contributed by atoms with Gasteiger partial charge in [-0.3, -0.25) is 4.79 Å². The first kappa shape index (κ1) is 88.9. The number of hydrogen-bond donors (Lipinski definition) is 6. The minimum atomic E-state index is -1.57. The van der Waals surface area contributed by atoms with Crippen LogP contribution >= 0.6 is 0 Å². The van der Waals surface area contributed by atoms with Crippen molar-refractivity contribution in [3.05, 3.63) is 12.2 Å². The van der Waals surface area contributed by atoms with Crippen LogP contribution in [0, 0.1) is 0 Å². The summed E-state index contributed by atoms with van der Waals surface area (Å²) >= 11 is 0. The third kappa shape index (κ3) is 60.1. The molecular weight excluding hydrogens is 1140 g/mol. The van der Waals surface area contributed by atoms with Crippen molar-refractivity contribution in [2.75, 3.05) is 13.2 Å². The Labute approximate surface area is 573 Å². The minimum Gasteiger partial charge on any atom is -0.394 e. The van der Waals surface area contributed by atoms with Gasteiger partial charge >= 0.3 is 0 Å². The lowest BCUT2D eigenvalue weighted by molar-refractivity contribution is -0.302. The molecule has 92 heavy (non-hydrogen) atoms. The summed E-state index contributed by atoms with van der Waals surface area (Å²) in [6.45, 7) is 3.86. The molecule has 7 unspecified atom stereocenters. The van der Waals surface area contributed by atoms with E-state index in [2.05, 4.69) is 19.2 Å². The number of amides is 1. The molecular formula is C83H163NO8. The molecule has 1 fully saturated rings. The number of unbranched alkanes of at least 4 members (excludes halogenated alkanes) is 66. The van der Waals surface area contributed by atoms with Crippen LogP contribution in [0.1, 0.15) is 457 Å². The largest absolute Gasteiger partial charge is 0.394 e. The minimum absolute atomic E-state index is 0.165. The molecule has 0 aromatic carbocycles. The number of ether oxygens (including phenoxy) is 2. The number of rotatable bonds is 76. The fraction of sp³-hybridized carbons (Fsp3) is 0.964. The van der Waals surface area contributed by atoms with Crippen molar-refractivity contribution < 1.29 is 39.8 Å². The van der Waals surface area contributed by atoms with Crippen molar-refractivity contribution in [1.82, 2.24) is 5.32 Å². The highest BCUT2D eigenvalue weighted by atomic mass is 16.7. The van der Waals surface area contributed by atoms with Gasteiger partial charge in [-0.2, -0.15) is 0 Å². The fourth-order valence-electron chi connectivity index (χ4n) is 14.1. The van der Waals surface area contributed by atoms with Crippen LogP contribution in [0.2, 0.25) is 0 Å². The van der Waals surface area contributed by atoms with E-state index in [4.69, 9.17) is 9.47 Å². The lowest BCUT2D eigenvalue weighted by Gasteiger charge is -2.40. The summed E-state index contributed by atoms with van der Waals surface area (Å²) in [6.07, 6.45) is 89.6. The molecule has 0 aliphatic carbocycles. The SMILES string of the molecule is CCCCCCCCCCCCCCCCCCCCCCCCCCCCCCCCC/C=C/C(O)C(COC1OC(CO)C(O)C(O)C1O)NC(=O)CCCCCCCCCCCCCCCCCCCCCCCCCCCCCCCCCCCCCC. The van der Waals surface area contributed by atoms with Crippen molar-refractivity contribution >= 4 is 5.91 Å². The van der Waals surface area contributed by atoms with Gasteiger partial charge in [-0.25, -0.2) is 0 Å². The summed E-state index contributed by atoms with van der Waals surface area (Å²) in [6, 6.07) is -0.803. The summed E-state index contributed by atoms with van der Waals surface area (Å²) in [4.78, 5) is 13.2. The van der Waals surface area contributed by atoms with E-state index in [1.807, 2.05) is 6.08 Å². The van der Waals surface area contributed by atoms with Crippen molar-refractivity contribution in [2.24, 2.45) is 0 Å². The van der Waals surface area contributed by atoms with E-state index < -0.39 is 49.5 Å². The molecule has 0 saturated carbocycles. The number of aliphatic hydroxyl groups excluding tert-OH is 5. The molecule has 0 radical (unpaired) electrons. The van der Waals surface area contributed by atoms with E-state index in [0.29, 0.717) is 6.42 Å². The quantitative estimate of drug-likeness (QED) is 0.0261. The van der Waals surface area contributed by atoms with Gasteiger partial charge in [0, 0.05) is 6.42 Å². The monoisotopic (exact) mass is 1300 g/mol. The van der Waals surface area contributed by atoms with E-state index >= 15 is 0 Å². The maximum atomic E-state index is 13.2. The Kier molecular flexibility index (Phi) is 70.3. The maximum Gasteiger partial charge on any atom is 0.220 e. The molecule has 1 rings (SSSR count). The topological polar surface area (TPSA) is 149 Å². The van der Waals surface area contributed by atoms with E-state index in [1.165, 1.54) is 398 Å². The van der Waals surface area contributed by atoms with Crippen LogP contribution in [0.15, 0.2) is 12.2 Å². The van der Waals surface area contributed by atoms with E-state index in [-0.39, 0.29) is 12.5 Å². The summed E-state index contributed by atoms with van der Waals surface area (Å²) in [5, 5.41) is 55.0. The molecule has 1 aliphatic heterocycles. The third-order valence-corrected chi connectivity index (χ3v) is 20.6. The van der Waals surface area contributed by atoms with Crippen molar-refractivity contribution in [2.45, 2.75) is 500 Å². The lowest BCUT2D eigenvalue weighted by atomic mass is 9.99. The Morgan fingerprint density at radius 1 is 0.359 bits per heavy atom. The Morgan fingerprint density at radius 3 is 0.848 bits per heavy atom. The van der Waals surface area contributed by atoms with Crippen LogP contribution in [0.25, 0.3) is 0 Å². The van der Waals surface area contributed by atoms with Crippen LogP contribution in [-0.2, 0) is 14.3 Å². The number of carbonyl (C=O) groups excluding carboxylic acids is 1. The van der Waals surface area contributed by atoms with Crippen molar-refractivity contribution in [3.63, 3.8) is 0 Å². The van der Waals surface area contributed by atoms with Gasteiger partial charge in [0.05, 0.1) is 25.4 Å². The molecule has 9 heteroatoms. The molecule has 0 aromatic heterocycles. The number of allylic oxidation sites excluding steroid dienone is 1. The highest BCUT2D eigenvalue weighted by molar-refractivity contribution is 5.76. The molecule has 7 atom stereocenters. The van der Waals surface area contributed by atoms with Crippen LogP contribution in [0.5, 0.6) is 0 Å². The Morgan fingerprint density at radius 2 is 0.598 bits per heavy atom. The highest BCUT2D eigenvalue weighted by Crippen LogP contribution is 2.24. The zero-order chi connectivity index (χ0) is 66.4. The lowest BCUT2D eigenvalue weighted by Crippen LogP contribution is -2.60. The van der Waals surface area contributed by atoms with Crippen LogP contribution in [-0.4, -0.2) is 87.5 Å². The van der Waals surface area contributed by atoms with Crippen molar-refractivity contribution in [3.8, 4) is 0 Å². The maximum absolute atomic E-state index is 13.2. The van der Waals surface area contributed by atoms with Gasteiger partial charge in [-0.15, -0.1) is 0 Å². The second kappa shape index (κ2) is 72.7. The number of aliphatic hydroxyl groups is 5. The summed E-state index contributed by atoms with van der Waals surface area (Å²) in [5.41, 5.74) is 0. The number of nitrogens with one attached hydrogen (secondary N) is 1. The molecule has 1 heterocycles. The molecule has 1 amide bonds. The first-order valence-corrected chi connectivity index (χ1v) is 41.9. The van der Waals surface area contributed by atoms with Gasteiger partial charge in [0.25, 0.3) is 0 Å². The fourth-order valence-corrected chi connectivity index (χ4v) is 14.1. The van der Waals surface area contributed by atoms with Gasteiger partial charge in [0.1, 0.15) is 24.4 Å². The molecule has 0 bridgehead atoms. The summed E-state index contributed by atoms with van der Waals surface area (Å²) < 4.78 is 11.4. The van der Waals surface area contributed by atoms with Gasteiger partial charge < -0.3 is 40.3 Å². The predicted molar refractivity (Wildman–Crippen MR) is 397 cm³/mol. The Balaban J connectivity index is 2.04. The zero-order valence-electron chi connectivity index (χ0n) is 61.9. The number of hydrogen-bond acceptors (Lipinski definition) is 8. The average molecular weight is 1300 g/mol. The van der Waals surface area contributed by atoms with E-state index in [9.17, 15) is 30.3 Å². The van der Waals surface area contributed by atoms with Crippen molar-refractivity contribution in [1.29, 1.82) is 0 Å². The van der Waals surface area contributed by atoms with Crippen LogP contribution < -0.4 is 5.32 Å². The molecule has 0 aromatic rings. The smallest absolute Gasteiger partial charge is 0.220 e. The van der Waals surface area contributed by atoms with Crippen LogP contribution in [0.4, 0.5) is 0 Å². The molecule has 1 saturated heterocycles. The van der Waals surface area contributed by atoms with Gasteiger partial charge in [0.15, 0.2) is 6.29 Å². The standard InChI is InChI=1S/C83H163NO8/c1-3-5-7-9-11-13-15-17-19-21-23-25-27-29-31-33-35-37-38-39-41-43-45-47-49-51-53-55-57-59-61-63-65-67-69-71-73-79(87)84-76(75-91-83-82(90)81(89)80(88)78(74-85)92-83)77(86)72-70-68-66-64-62-60-58-56-54-52-50-48-46-44-42-40-36-34-32-30-28-26-24-22-20-18-16-14-12-10-8-6-4-2/h70,72,76-78,80-83,85-86,88-90H,3-69,71,73-75H2,1-2H3,(H,84,87)/b72-70+. The predicted octanol–water partition coefficient (Wildman–Crippen LogP) is 24.2. The summed E-state index contributed by atoms with van der Waals surface area (Å²) in [7, 11) is 0. The van der Waals surface area contributed by atoms with E-state index in [1.54, 1.807) is 6.08 Å². The average Bonchev–Trinajstić information content (AvgIpc) is 0.979. The third-order valence-electron chi connectivity index (χ3n) is 20.6. The molecule has 6 N–H and O–H groups in total. The van der Waals surface area contributed by atoms with Gasteiger partial charge in [0.2, 0.25) is 5.91 Å². The highest BCUT2D eigenvalue weighted by Gasteiger charge is 2.44. The molecule has 548 valence electrons. The second-order valence-corrected chi connectivity index (χ2v) is 29.6. The number of carbonyl (C=O) groups is 1. The Hall–Kier alpha value is -1.07. The molecule has 0 spiro atoms. The first-order chi connectivity index (χ1) is 45.3. The van der Waals surface area contributed by atoms with Crippen LogP contribution in [0.3, 0.4) is 0 Å². The normalized spacial score (nSPS) is 17.6. The Bertz CT molecular complexity index is 1460. The van der Waals surface area contributed by atoms with E-state index in [0.717, 1.165) is 38.5 Å². The second-order valence-electron chi connectivity index (χ2n) is 29.6. The molecule has 1 aliphatic rings. The first-order valence-electron chi connectivity index (χ1n) is 41.9. The summed E-state index contributed by atoms with van der Waals surface area (Å²) in [5.74, 6) is -0.165. The molecule has 9 nitrogen and oxygen atoms in total. The zero-order valence-corrected chi connectivity index (χ0v) is 61.9.